The number of aliphatic imine (C=N–C) groups is 1. The summed E-state index contributed by atoms with van der Waals surface area (Å²) in [6.45, 7) is 6.95. The molecule has 1 aromatic carbocycles. The molecule has 0 bridgehead atoms. The zero-order valence-electron chi connectivity index (χ0n) is 12.6. The Morgan fingerprint density at radius 3 is 2.65 bits per heavy atom. The highest BCUT2D eigenvalue weighted by Gasteiger charge is 2.00. The van der Waals surface area contributed by atoms with Crippen molar-refractivity contribution < 1.29 is 0 Å². The molecule has 0 aliphatic rings. The van der Waals surface area contributed by atoms with Gasteiger partial charge in [0.15, 0.2) is 5.96 Å². The smallest absolute Gasteiger partial charge is 0.191 e. The highest BCUT2D eigenvalue weighted by molar-refractivity contribution is 7.99. The standard InChI is InChI=1S/C15H25N3S2/c1-4-16-15(18-12-13(2)19-3)17-10-11-20-14-8-6-5-7-9-14/h5-9,13H,4,10-12H2,1-3H3,(H2,16,17,18). The molecule has 0 amide bonds. The molecule has 1 aromatic rings. The molecule has 3 nitrogen and oxygen atoms in total. The Balaban J connectivity index is 2.28. The first-order valence-corrected chi connectivity index (χ1v) is 9.26. The second kappa shape index (κ2) is 10.9. The number of nitrogens with zero attached hydrogens (tertiary/aromatic N) is 1. The van der Waals surface area contributed by atoms with Crippen LogP contribution >= 0.6 is 23.5 Å². The number of nitrogens with one attached hydrogen (secondary N) is 2. The molecule has 5 heteroatoms. The highest BCUT2D eigenvalue weighted by Crippen LogP contribution is 2.15. The van der Waals surface area contributed by atoms with Gasteiger partial charge in [0.25, 0.3) is 0 Å². The lowest BCUT2D eigenvalue weighted by Gasteiger charge is -2.12. The molecule has 0 heterocycles. The van der Waals surface area contributed by atoms with Crippen molar-refractivity contribution in [1.82, 2.24) is 10.6 Å². The maximum atomic E-state index is 4.59. The third-order valence-corrected chi connectivity index (χ3v) is 4.63. The molecule has 20 heavy (non-hydrogen) atoms. The second-order valence-corrected chi connectivity index (χ2v) is 6.80. The van der Waals surface area contributed by atoms with Gasteiger partial charge in [0.2, 0.25) is 0 Å². The van der Waals surface area contributed by atoms with Gasteiger partial charge < -0.3 is 10.6 Å². The molecular formula is C15H25N3S2. The molecule has 0 saturated carbocycles. The van der Waals surface area contributed by atoms with E-state index in [2.05, 4.69) is 60.0 Å². The zero-order chi connectivity index (χ0) is 14.6. The summed E-state index contributed by atoms with van der Waals surface area (Å²) >= 11 is 3.70. The molecule has 1 unspecified atom stereocenters. The molecule has 2 N–H and O–H groups in total. The monoisotopic (exact) mass is 311 g/mol. The lowest BCUT2D eigenvalue weighted by molar-refractivity contribution is 0.834. The fourth-order valence-corrected chi connectivity index (χ4v) is 2.50. The summed E-state index contributed by atoms with van der Waals surface area (Å²) in [5.41, 5.74) is 0. The van der Waals surface area contributed by atoms with Crippen LogP contribution in [0.3, 0.4) is 0 Å². The molecule has 0 spiro atoms. The number of hydrogen-bond donors (Lipinski definition) is 2. The van der Waals surface area contributed by atoms with Crippen LogP contribution in [0.5, 0.6) is 0 Å². The SMILES string of the molecule is CCNC(=NCC(C)SC)NCCSc1ccccc1. The van der Waals surface area contributed by atoms with Crippen molar-refractivity contribution in [3.8, 4) is 0 Å². The maximum absolute atomic E-state index is 4.59. The van der Waals surface area contributed by atoms with Crippen LogP contribution < -0.4 is 10.6 Å². The third-order valence-electron chi connectivity index (χ3n) is 2.66. The van der Waals surface area contributed by atoms with Crippen molar-refractivity contribution in [1.29, 1.82) is 0 Å². The van der Waals surface area contributed by atoms with E-state index in [0.29, 0.717) is 5.25 Å². The predicted octanol–water partition coefficient (Wildman–Crippen LogP) is 3.09. The first-order chi connectivity index (χ1) is 9.76. The molecule has 0 aromatic heterocycles. The number of benzene rings is 1. The minimum atomic E-state index is 0.559. The van der Waals surface area contributed by atoms with Gasteiger partial charge in [-0.25, -0.2) is 0 Å². The summed E-state index contributed by atoms with van der Waals surface area (Å²) in [5, 5.41) is 7.22. The summed E-state index contributed by atoms with van der Waals surface area (Å²) in [7, 11) is 0. The maximum Gasteiger partial charge on any atom is 0.191 e. The van der Waals surface area contributed by atoms with Crippen molar-refractivity contribution in [2.75, 3.05) is 31.6 Å². The van der Waals surface area contributed by atoms with Gasteiger partial charge in [-0.3, -0.25) is 4.99 Å². The fraction of sp³-hybridized carbons (Fsp3) is 0.533. The Bertz CT molecular complexity index is 382. The zero-order valence-corrected chi connectivity index (χ0v) is 14.2. The van der Waals surface area contributed by atoms with Crippen LogP contribution in [-0.4, -0.2) is 42.9 Å². The van der Waals surface area contributed by atoms with Gasteiger partial charge in [0, 0.05) is 29.0 Å². The average Bonchev–Trinajstić information content (AvgIpc) is 2.49. The fourth-order valence-electron chi connectivity index (χ4n) is 1.49. The molecule has 0 aliphatic heterocycles. The Hall–Kier alpha value is -0.810. The van der Waals surface area contributed by atoms with Crippen molar-refractivity contribution in [3.63, 3.8) is 0 Å². The predicted molar refractivity (Wildman–Crippen MR) is 94.1 cm³/mol. The second-order valence-electron chi connectivity index (χ2n) is 4.35. The van der Waals surface area contributed by atoms with Gasteiger partial charge in [0.1, 0.15) is 0 Å². The minimum Gasteiger partial charge on any atom is -0.357 e. The number of guanidine groups is 1. The van der Waals surface area contributed by atoms with Crippen LogP contribution in [0.15, 0.2) is 40.2 Å². The van der Waals surface area contributed by atoms with Crippen LogP contribution in [0.25, 0.3) is 0 Å². The molecule has 112 valence electrons. The summed E-state index contributed by atoms with van der Waals surface area (Å²) in [6.07, 6.45) is 2.12. The van der Waals surface area contributed by atoms with E-state index in [1.54, 1.807) is 0 Å². The van der Waals surface area contributed by atoms with Crippen LogP contribution in [0, 0.1) is 0 Å². The number of rotatable bonds is 8. The van der Waals surface area contributed by atoms with E-state index in [-0.39, 0.29) is 0 Å². The molecule has 0 fully saturated rings. The molecule has 1 rings (SSSR count). The summed E-state index contributed by atoms with van der Waals surface area (Å²) in [5.74, 6) is 1.95. The topological polar surface area (TPSA) is 36.4 Å². The normalized spacial score (nSPS) is 13.1. The Kier molecular flexibility index (Phi) is 9.41. The van der Waals surface area contributed by atoms with Gasteiger partial charge in [-0.05, 0) is 25.3 Å². The summed E-state index contributed by atoms with van der Waals surface area (Å²) < 4.78 is 0. The van der Waals surface area contributed by atoms with E-state index in [4.69, 9.17) is 0 Å². The minimum absolute atomic E-state index is 0.559. The molecular weight excluding hydrogens is 286 g/mol. The van der Waals surface area contributed by atoms with Gasteiger partial charge in [0.05, 0.1) is 6.54 Å². The van der Waals surface area contributed by atoms with Crippen molar-refractivity contribution in [3.05, 3.63) is 30.3 Å². The first kappa shape index (κ1) is 17.2. The van der Waals surface area contributed by atoms with Crippen LogP contribution in [0.1, 0.15) is 13.8 Å². The Labute approximate surface area is 131 Å². The van der Waals surface area contributed by atoms with Gasteiger partial charge in [-0.1, -0.05) is 25.1 Å². The summed E-state index contributed by atoms with van der Waals surface area (Å²) in [6, 6.07) is 10.5. The third kappa shape index (κ3) is 7.70. The van der Waals surface area contributed by atoms with Crippen molar-refractivity contribution in [2.45, 2.75) is 24.0 Å². The van der Waals surface area contributed by atoms with Gasteiger partial charge >= 0.3 is 0 Å². The van der Waals surface area contributed by atoms with Gasteiger partial charge in [-0.2, -0.15) is 11.8 Å². The quantitative estimate of drug-likeness (QED) is 0.335. The molecule has 0 aliphatic carbocycles. The van der Waals surface area contributed by atoms with Crippen molar-refractivity contribution in [2.24, 2.45) is 4.99 Å². The Morgan fingerprint density at radius 1 is 1.25 bits per heavy atom. The lowest BCUT2D eigenvalue weighted by atomic mass is 10.4. The van der Waals surface area contributed by atoms with Crippen LogP contribution in [0.4, 0.5) is 0 Å². The van der Waals surface area contributed by atoms with Crippen molar-refractivity contribution >= 4 is 29.5 Å². The number of thioether (sulfide) groups is 2. The number of hydrogen-bond acceptors (Lipinski definition) is 3. The van der Waals surface area contributed by atoms with Crippen LogP contribution in [0.2, 0.25) is 0 Å². The van der Waals surface area contributed by atoms with E-state index < -0.39 is 0 Å². The van der Waals surface area contributed by atoms with Gasteiger partial charge in [-0.15, -0.1) is 11.8 Å². The van der Waals surface area contributed by atoms with Crippen LogP contribution in [-0.2, 0) is 0 Å². The Morgan fingerprint density at radius 2 is 2.00 bits per heavy atom. The summed E-state index contributed by atoms with van der Waals surface area (Å²) in [4.78, 5) is 5.91. The molecule has 1 atom stereocenters. The first-order valence-electron chi connectivity index (χ1n) is 6.99. The lowest BCUT2D eigenvalue weighted by Crippen LogP contribution is -2.38. The largest absolute Gasteiger partial charge is 0.357 e. The van der Waals surface area contributed by atoms with E-state index >= 15 is 0 Å². The highest BCUT2D eigenvalue weighted by atomic mass is 32.2. The van der Waals surface area contributed by atoms with E-state index in [1.807, 2.05) is 29.6 Å². The molecule has 0 radical (unpaired) electrons. The molecule has 0 saturated heterocycles. The van der Waals surface area contributed by atoms with E-state index in [0.717, 1.165) is 31.3 Å². The van der Waals surface area contributed by atoms with E-state index in [9.17, 15) is 0 Å². The average molecular weight is 312 g/mol. The van der Waals surface area contributed by atoms with E-state index in [1.165, 1.54) is 4.90 Å².